The van der Waals surface area contributed by atoms with Crippen molar-refractivity contribution >= 4 is 15.9 Å². The fourth-order valence-electron chi connectivity index (χ4n) is 2.21. The minimum Gasteiger partial charge on any atom is -0.488 e. The van der Waals surface area contributed by atoms with Crippen LogP contribution in [0.1, 0.15) is 30.5 Å². The van der Waals surface area contributed by atoms with Crippen molar-refractivity contribution in [2.75, 3.05) is 6.54 Å². The van der Waals surface area contributed by atoms with E-state index in [0.717, 1.165) is 41.0 Å². The summed E-state index contributed by atoms with van der Waals surface area (Å²) in [6.07, 6.45) is 3.89. The zero-order valence-corrected chi connectivity index (χ0v) is 14.4. The first kappa shape index (κ1) is 16.0. The Kier molecular flexibility index (Phi) is 5.82. The maximum Gasteiger partial charge on any atom is 0.127 e. The van der Waals surface area contributed by atoms with E-state index in [4.69, 9.17) is 4.74 Å². The molecule has 0 amide bonds. The first-order chi connectivity index (χ1) is 10.1. The molecule has 4 nitrogen and oxygen atoms in total. The summed E-state index contributed by atoms with van der Waals surface area (Å²) < 4.78 is 9.04. The van der Waals surface area contributed by atoms with Gasteiger partial charge in [0.2, 0.25) is 0 Å². The molecule has 0 fully saturated rings. The van der Waals surface area contributed by atoms with Crippen LogP contribution in [0.2, 0.25) is 0 Å². The number of ether oxygens (including phenoxy) is 1. The van der Waals surface area contributed by atoms with Gasteiger partial charge in [0, 0.05) is 34.9 Å². The van der Waals surface area contributed by atoms with E-state index in [1.54, 1.807) is 0 Å². The van der Waals surface area contributed by atoms with Crippen molar-refractivity contribution in [1.82, 2.24) is 15.1 Å². The molecule has 1 aromatic heterocycles. The van der Waals surface area contributed by atoms with Gasteiger partial charge in [-0.25, -0.2) is 0 Å². The molecule has 0 atom stereocenters. The van der Waals surface area contributed by atoms with Crippen molar-refractivity contribution in [3.05, 3.63) is 45.7 Å². The van der Waals surface area contributed by atoms with Crippen molar-refractivity contribution in [3.8, 4) is 5.75 Å². The van der Waals surface area contributed by atoms with Crippen molar-refractivity contribution in [2.45, 2.75) is 40.5 Å². The summed E-state index contributed by atoms with van der Waals surface area (Å²) in [6.45, 7) is 9.42. The van der Waals surface area contributed by atoms with E-state index in [0.29, 0.717) is 6.61 Å². The van der Waals surface area contributed by atoms with E-state index in [1.165, 1.54) is 5.56 Å². The predicted molar refractivity (Wildman–Crippen MR) is 88.5 cm³/mol. The normalized spacial score (nSPS) is 10.9. The number of hydrogen-bond acceptors (Lipinski definition) is 3. The number of hydrogen-bond donors (Lipinski definition) is 1. The third-order valence-electron chi connectivity index (χ3n) is 3.28. The second-order valence-electron chi connectivity index (χ2n) is 4.98. The summed E-state index contributed by atoms with van der Waals surface area (Å²) in [6, 6.07) is 4.20. The molecule has 0 spiro atoms. The molecule has 0 unspecified atom stereocenters. The highest BCUT2D eigenvalue weighted by Gasteiger charge is 2.10. The lowest BCUT2D eigenvalue weighted by atomic mass is 10.1. The van der Waals surface area contributed by atoms with Gasteiger partial charge in [0.05, 0.1) is 6.20 Å². The summed E-state index contributed by atoms with van der Waals surface area (Å²) in [5.74, 6) is 0.961. The van der Waals surface area contributed by atoms with Gasteiger partial charge in [-0.2, -0.15) is 5.10 Å². The Morgan fingerprint density at radius 2 is 2.14 bits per heavy atom. The van der Waals surface area contributed by atoms with Crippen LogP contribution in [0, 0.1) is 6.92 Å². The minimum atomic E-state index is 0.543. The lowest BCUT2D eigenvalue weighted by molar-refractivity contribution is 0.300. The van der Waals surface area contributed by atoms with Crippen LogP contribution in [0.4, 0.5) is 0 Å². The number of rotatable bonds is 7. The smallest absolute Gasteiger partial charge is 0.127 e. The molecule has 0 aliphatic rings. The Morgan fingerprint density at radius 1 is 1.33 bits per heavy atom. The van der Waals surface area contributed by atoms with Gasteiger partial charge in [-0.3, -0.25) is 4.68 Å². The second kappa shape index (κ2) is 7.61. The molecule has 2 rings (SSSR count). The monoisotopic (exact) mass is 351 g/mol. The van der Waals surface area contributed by atoms with Crippen LogP contribution in [0.3, 0.4) is 0 Å². The zero-order chi connectivity index (χ0) is 15.2. The summed E-state index contributed by atoms with van der Waals surface area (Å²) >= 11 is 3.55. The van der Waals surface area contributed by atoms with Crippen LogP contribution in [-0.2, 0) is 19.7 Å². The van der Waals surface area contributed by atoms with Crippen molar-refractivity contribution < 1.29 is 4.74 Å². The fourth-order valence-corrected chi connectivity index (χ4v) is 2.83. The van der Waals surface area contributed by atoms with Crippen LogP contribution >= 0.6 is 15.9 Å². The molecule has 0 saturated heterocycles. The SMILES string of the molecule is CCNCc1cc(Br)cc(C)c1OCc1cnn(CC)c1. The molecule has 1 heterocycles. The van der Waals surface area contributed by atoms with Gasteiger partial charge >= 0.3 is 0 Å². The molecule has 0 radical (unpaired) electrons. The van der Waals surface area contributed by atoms with E-state index >= 15 is 0 Å². The van der Waals surface area contributed by atoms with Gasteiger partial charge in [0.25, 0.3) is 0 Å². The van der Waals surface area contributed by atoms with Gasteiger partial charge in [-0.05, 0) is 38.1 Å². The molecule has 1 aromatic carbocycles. The highest BCUT2D eigenvalue weighted by Crippen LogP contribution is 2.28. The lowest BCUT2D eigenvalue weighted by Crippen LogP contribution is -2.13. The Balaban J connectivity index is 2.13. The Hall–Kier alpha value is -1.33. The van der Waals surface area contributed by atoms with Crippen molar-refractivity contribution in [2.24, 2.45) is 0 Å². The van der Waals surface area contributed by atoms with Crippen LogP contribution in [0.5, 0.6) is 5.75 Å². The van der Waals surface area contributed by atoms with Crippen LogP contribution in [0.15, 0.2) is 29.0 Å². The third-order valence-corrected chi connectivity index (χ3v) is 3.73. The topological polar surface area (TPSA) is 39.1 Å². The molecule has 0 bridgehead atoms. The van der Waals surface area contributed by atoms with E-state index in [9.17, 15) is 0 Å². The summed E-state index contributed by atoms with van der Waals surface area (Å²) in [7, 11) is 0. The second-order valence-corrected chi connectivity index (χ2v) is 5.90. The number of aromatic nitrogens is 2. The number of nitrogens with one attached hydrogen (secondary N) is 1. The van der Waals surface area contributed by atoms with Gasteiger partial charge in [-0.1, -0.05) is 22.9 Å². The largest absolute Gasteiger partial charge is 0.488 e. The number of benzene rings is 1. The van der Waals surface area contributed by atoms with Crippen LogP contribution in [0.25, 0.3) is 0 Å². The summed E-state index contributed by atoms with van der Waals surface area (Å²) in [5.41, 5.74) is 3.40. The Morgan fingerprint density at radius 3 is 2.81 bits per heavy atom. The number of aryl methyl sites for hydroxylation is 2. The summed E-state index contributed by atoms with van der Waals surface area (Å²) in [5, 5.41) is 7.63. The summed E-state index contributed by atoms with van der Waals surface area (Å²) in [4.78, 5) is 0. The zero-order valence-electron chi connectivity index (χ0n) is 12.8. The molecule has 114 valence electrons. The first-order valence-corrected chi connectivity index (χ1v) is 8.07. The maximum atomic E-state index is 6.05. The average molecular weight is 352 g/mol. The lowest BCUT2D eigenvalue weighted by Gasteiger charge is -2.15. The molecule has 1 N–H and O–H groups in total. The fraction of sp³-hybridized carbons (Fsp3) is 0.438. The predicted octanol–water partition coefficient (Wildman–Crippen LogP) is 3.66. The van der Waals surface area contributed by atoms with Crippen LogP contribution < -0.4 is 10.1 Å². The van der Waals surface area contributed by atoms with Gasteiger partial charge in [-0.15, -0.1) is 0 Å². The minimum absolute atomic E-state index is 0.543. The molecule has 0 saturated carbocycles. The molecule has 5 heteroatoms. The van der Waals surface area contributed by atoms with Crippen molar-refractivity contribution in [1.29, 1.82) is 0 Å². The van der Waals surface area contributed by atoms with Crippen LogP contribution in [-0.4, -0.2) is 16.3 Å². The standard InChI is InChI=1S/C16H22BrN3O/c1-4-18-9-14-7-15(17)6-12(3)16(14)21-11-13-8-19-20(5-2)10-13/h6-8,10,18H,4-5,9,11H2,1-3H3. The third kappa shape index (κ3) is 4.32. The molecular formula is C16H22BrN3O. The molecule has 21 heavy (non-hydrogen) atoms. The Bertz CT molecular complexity index is 595. The molecule has 0 aliphatic heterocycles. The molecule has 0 aliphatic carbocycles. The average Bonchev–Trinajstić information content (AvgIpc) is 2.91. The van der Waals surface area contributed by atoms with Gasteiger partial charge in [0.15, 0.2) is 0 Å². The van der Waals surface area contributed by atoms with Crippen molar-refractivity contribution in [3.63, 3.8) is 0 Å². The molecular weight excluding hydrogens is 330 g/mol. The van der Waals surface area contributed by atoms with Gasteiger partial charge < -0.3 is 10.1 Å². The van der Waals surface area contributed by atoms with E-state index in [2.05, 4.69) is 59.2 Å². The van der Waals surface area contributed by atoms with E-state index in [-0.39, 0.29) is 0 Å². The Labute approximate surface area is 134 Å². The van der Waals surface area contributed by atoms with E-state index in [1.807, 2.05) is 17.1 Å². The number of halogens is 1. The molecule has 2 aromatic rings. The highest BCUT2D eigenvalue weighted by molar-refractivity contribution is 9.10. The van der Waals surface area contributed by atoms with E-state index < -0.39 is 0 Å². The maximum absolute atomic E-state index is 6.05. The number of nitrogens with zero attached hydrogens (tertiary/aromatic N) is 2. The highest BCUT2D eigenvalue weighted by atomic mass is 79.9. The van der Waals surface area contributed by atoms with Gasteiger partial charge in [0.1, 0.15) is 12.4 Å². The first-order valence-electron chi connectivity index (χ1n) is 7.27. The quantitative estimate of drug-likeness (QED) is 0.827.